The van der Waals surface area contributed by atoms with Crippen molar-refractivity contribution in [3.8, 4) is 0 Å². The molecule has 90 valence electrons. The number of hydrogen-bond donors (Lipinski definition) is 2. The van der Waals surface area contributed by atoms with Crippen LogP contribution in [0.25, 0.3) is 5.52 Å². The van der Waals surface area contributed by atoms with Gasteiger partial charge in [0.1, 0.15) is 5.52 Å². The quantitative estimate of drug-likeness (QED) is 0.674. The Labute approximate surface area is 104 Å². The van der Waals surface area contributed by atoms with Crippen LogP contribution in [-0.2, 0) is 0 Å². The molecule has 5 nitrogen and oxygen atoms in total. The molecule has 18 heavy (non-hydrogen) atoms. The molecule has 0 aliphatic carbocycles. The number of hydrogen-bond acceptors (Lipinski definition) is 4. The zero-order valence-corrected chi connectivity index (χ0v) is 9.96. The molecule has 1 aromatic carbocycles. The van der Waals surface area contributed by atoms with Crippen molar-refractivity contribution in [3.05, 3.63) is 48.4 Å². The Balaban J connectivity index is 2.01. The number of benzene rings is 1. The molecule has 0 spiro atoms. The molecule has 0 bridgehead atoms. The fourth-order valence-electron chi connectivity index (χ4n) is 1.84. The Hall–Kier alpha value is -2.56. The van der Waals surface area contributed by atoms with Gasteiger partial charge in [-0.05, 0) is 37.3 Å². The maximum atomic E-state index is 5.66. The van der Waals surface area contributed by atoms with E-state index < -0.39 is 0 Å². The summed E-state index contributed by atoms with van der Waals surface area (Å²) in [5.74, 6) is 0.780. The molecule has 0 radical (unpaired) electrons. The highest BCUT2D eigenvalue weighted by atomic mass is 15.2. The van der Waals surface area contributed by atoms with Crippen molar-refractivity contribution >= 4 is 22.7 Å². The van der Waals surface area contributed by atoms with Crippen LogP contribution in [0.15, 0.2) is 42.7 Å². The number of nitrogens with one attached hydrogen (secondary N) is 1. The van der Waals surface area contributed by atoms with E-state index in [1.807, 2.05) is 48.0 Å². The first-order chi connectivity index (χ1) is 8.72. The summed E-state index contributed by atoms with van der Waals surface area (Å²) >= 11 is 0. The van der Waals surface area contributed by atoms with Crippen LogP contribution in [0.5, 0.6) is 0 Å². The van der Waals surface area contributed by atoms with Crippen LogP contribution in [0.4, 0.5) is 17.2 Å². The molecule has 0 saturated carbocycles. The maximum absolute atomic E-state index is 5.66. The third-order valence-electron chi connectivity index (χ3n) is 2.69. The number of aromatic nitrogens is 3. The first-order valence-electron chi connectivity index (χ1n) is 5.66. The molecule has 3 rings (SSSR count). The molecule has 3 N–H and O–H groups in total. The molecule has 2 heterocycles. The molecule has 0 saturated heterocycles. The third kappa shape index (κ3) is 1.86. The molecule has 0 unspecified atom stereocenters. The van der Waals surface area contributed by atoms with Gasteiger partial charge in [0.15, 0.2) is 5.82 Å². The monoisotopic (exact) mass is 239 g/mol. The molecule has 0 fully saturated rings. The second-order valence-corrected chi connectivity index (χ2v) is 4.14. The van der Waals surface area contributed by atoms with Crippen molar-refractivity contribution in [2.24, 2.45) is 0 Å². The topological polar surface area (TPSA) is 68.2 Å². The minimum absolute atomic E-state index is 0.743. The van der Waals surface area contributed by atoms with Crippen molar-refractivity contribution in [2.75, 3.05) is 11.1 Å². The Morgan fingerprint density at radius 1 is 1.22 bits per heavy atom. The third-order valence-corrected chi connectivity index (χ3v) is 2.69. The van der Waals surface area contributed by atoms with E-state index in [0.717, 1.165) is 28.4 Å². The van der Waals surface area contributed by atoms with Gasteiger partial charge in [-0.2, -0.15) is 5.10 Å². The Bertz CT molecular complexity index is 684. The number of anilines is 3. The molecular weight excluding hydrogens is 226 g/mol. The van der Waals surface area contributed by atoms with Crippen LogP contribution in [-0.4, -0.2) is 14.6 Å². The zero-order valence-electron chi connectivity index (χ0n) is 9.96. The minimum atomic E-state index is 0.743. The first kappa shape index (κ1) is 10.6. The predicted octanol–water partition coefficient (Wildman–Crippen LogP) is 2.36. The van der Waals surface area contributed by atoms with Crippen LogP contribution in [0.3, 0.4) is 0 Å². The molecule has 3 aromatic rings. The average Bonchev–Trinajstić information content (AvgIpc) is 2.73. The van der Waals surface area contributed by atoms with Crippen LogP contribution in [0.1, 0.15) is 5.69 Å². The highest BCUT2D eigenvalue weighted by Gasteiger charge is 2.05. The van der Waals surface area contributed by atoms with Crippen molar-refractivity contribution in [1.29, 1.82) is 0 Å². The van der Waals surface area contributed by atoms with Gasteiger partial charge in [-0.1, -0.05) is 0 Å². The van der Waals surface area contributed by atoms with Gasteiger partial charge in [-0.15, -0.1) is 0 Å². The summed E-state index contributed by atoms with van der Waals surface area (Å²) in [5, 5.41) is 7.61. The fourth-order valence-corrected chi connectivity index (χ4v) is 1.84. The van der Waals surface area contributed by atoms with Crippen molar-refractivity contribution in [1.82, 2.24) is 14.6 Å². The number of nitrogens with two attached hydrogens (primary N) is 1. The van der Waals surface area contributed by atoms with Crippen LogP contribution >= 0.6 is 0 Å². The van der Waals surface area contributed by atoms with E-state index in [1.165, 1.54) is 0 Å². The summed E-state index contributed by atoms with van der Waals surface area (Å²) in [6, 6.07) is 9.54. The summed E-state index contributed by atoms with van der Waals surface area (Å²) in [6.07, 6.45) is 3.55. The van der Waals surface area contributed by atoms with Crippen molar-refractivity contribution < 1.29 is 0 Å². The molecule has 0 aliphatic rings. The van der Waals surface area contributed by atoms with Gasteiger partial charge < -0.3 is 11.1 Å². The minimum Gasteiger partial charge on any atom is -0.399 e. The Kier molecular flexibility index (Phi) is 2.37. The van der Waals surface area contributed by atoms with Crippen molar-refractivity contribution in [2.45, 2.75) is 6.92 Å². The molecular formula is C13H13N5. The summed E-state index contributed by atoms with van der Waals surface area (Å²) in [7, 11) is 0. The van der Waals surface area contributed by atoms with E-state index in [-0.39, 0.29) is 0 Å². The first-order valence-corrected chi connectivity index (χ1v) is 5.66. The largest absolute Gasteiger partial charge is 0.399 e. The van der Waals surface area contributed by atoms with Crippen molar-refractivity contribution in [3.63, 3.8) is 0 Å². The molecule has 2 aromatic heterocycles. The van der Waals surface area contributed by atoms with Crippen LogP contribution < -0.4 is 11.1 Å². The van der Waals surface area contributed by atoms with Gasteiger partial charge in [0.25, 0.3) is 0 Å². The smallest absolute Gasteiger partial charge is 0.156 e. The number of rotatable bonds is 2. The predicted molar refractivity (Wildman–Crippen MR) is 71.9 cm³/mol. The molecule has 0 amide bonds. The number of nitrogens with zero attached hydrogens (tertiary/aromatic N) is 3. The lowest BCUT2D eigenvalue weighted by Crippen LogP contribution is -1.97. The average molecular weight is 239 g/mol. The fraction of sp³-hybridized carbons (Fsp3) is 0.0769. The second-order valence-electron chi connectivity index (χ2n) is 4.14. The summed E-state index contributed by atoms with van der Waals surface area (Å²) in [5.41, 5.74) is 9.26. The van der Waals surface area contributed by atoms with E-state index in [2.05, 4.69) is 15.4 Å². The number of aryl methyl sites for hydroxylation is 1. The van der Waals surface area contributed by atoms with Gasteiger partial charge in [0.2, 0.25) is 0 Å². The lowest BCUT2D eigenvalue weighted by Gasteiger charge is -2.06. The SMILES string of the molecule is Cc1cc2c(Nc3ccc(N)cc3)nccn2n1. The van der Waals surface area contributed by atoms with Gasteiger partial charge in [0, 0.05) is 23.8 Å². The second kappa shape index (κ2) is 4.03. The lowest BCUT2D eigenvalue weighted by molar-refractivity contribution is 0.924. The standard InChI is InChI=1S/C13H13N5/c1-9-8-12-13(15-6-7-18(12)17-9)16-11-4-2-10(14)3-5-11/h2-8H,14H2,1H3,(H,15,16). The van der Waals surface area contributed by atoms with E-state index in [9.17, 15) is 0 Å². The van der Waals surface area contributed by atoms with E-state index in [0.29, 0.717) is 0 Å². The van der Waals surface area contributed by atoms with Crippen LogP contribution in [0.2, 0.25) is 0 Å². The maximum Gasteiger partial charge on any atom is 0.156 e. The highest BCUT2D eigenvalue weighted by Crippen LogP contribution is 2.20. The van der Waals surface area contributed by atoms with Gasteiger partial charge in [-0.3, -0.25) is 0 Å². The highest BCUT2D eigenvalue weighted by molar-refractivity contribution is 5.73. The number of fused-ring (bicyclic) bond motifs is 1. The molecule has 5 heteroatoms. The Morgan fingerprint density at radius 3 is 2.78 bits per heavy atom. The summed E-state index contributed by atoms with van der Waals surface area (Å²) in [4.78, 5) is 4.33. The van der Waals surface area contributed by atoms with E-state index in [4.69, 9.17) is 5.73 Å². The summed E-state index contributed by atoms with van der Waals surface area (Å²) in [6.45, 7) is 1.96. The van der Waals surface area contributed by atoms with Gasteiger partial charge in [0.05, 0.1) is 5.69 Å². The molecule has 0 atom stereocenters. The molecule has 0 aliphatic heterocycles. The van der Waals surface area contributed by atoms with Crippen LogP contribution in [0, 0.1) is 6.92 Å². The van der Waals surface area contributed by atoms with Gasteiger partial charge in [-0.25, -0.2) is 9.50 Å². The number of nitrogen functional groups attached to an aromatic ring is 1. The zero-order chi connectivity index (χ0) is 12.5. The van der Waals surface area contributed by atoms with Gasteiger partial charge >= 0.3 is 0 Å². The Morgan fingerprint density at radius 2 is 2.00 bits per heavy atom. The summed E-state index contributed by atoms with van der Waals surface area (Å²) < 4.78 is 1.81. The normalized spacial score (nSPS) is 10.7. The lowest BCUT2D eigenvalue weighted by atomic mass is 10.3. The van der Waals surface area contributed by atoms with E-state index in [1.54, 1.807) is 6.20 Å². The van der Waals surface area contributed by atoms with E-state index >= 15 is 0 Å².